The average molecular weight is 420 g/mol. The molecule has 0 bridgehead atoms. The monoisotopic (exact) mass is 420 g/mol. The van der Waals surface area contributed by atoms with Crippen LogP contribution in [0, 0.1) is 5.92 Å². The minimum Gasteiger partial charge on any atom is -0.465 e. The largest absolute Gasteiger partial charge is 0.465 e. The van der Waals surface area contributed by atoms with Crippen LogP contribution in [-0.2, 0) is 5.72 Å². The number of carbonyl (C=O) groups excluding carboxylic acids is 1. The van der Waals surface area contributed by atoms with Gasteiger partial charge in [-0.15, -0.1) is 0 Å². The number of hydrogen-bond donors (Lipinski definition) is 3. The molecule has 1 atom stereocenters. The third-order valence-corrected chi connectivity index (χ3v) is 6.56. The third-order valence-electron chi connectivity index (χ3n) is 6.56. The Hall–Kier alpha value is -3.39. The van der Waals surface area contributed by atoms with E-state index in [-0.39, 0.29) is 11.9 Å². The summed E-state index contributed by atoms with van der Waals surface area (Å²) in [5.41, 5.74) is 1.21. The normalized spacial score (nSPS) is 21.1. The quantitative estimate of drug-likeness (QED) is 0.598. The van der Waals surface area contributed by atoms with Crippen LogP contribution in [0.1, 0.15) is 47.2 Å². The van der Waals surface area contributed by atoms with Gasteiger partial charge in [0.05, 0.1) is 11.0 Å². The van der Waals surface area contributed by atoms with Gasteiger partial charge in [0, 0.05) is 30.3 Å². The topological polar surface area (TPSA) is 110 Å². The van der Waals surface area contributed by atoms with Crippen molar-refractivity contribution in [1.29, 1.82) is 0 Å². The van der Waals surface area contributed by atoms with Crippen molar-refractivity contribution in [3.63, 3.8) is 0 Å². The fourth-order valence-corrected chi connectivity index (χ4v) is 4.85. The van der Waals surface area contributed by atoms with Gasteiger partial charge in [-0.25, -0.2) is 9.78 Å². The molecular weight excluding hydrogens is 396 g/mol. The number of nitrogens with one attached hydrogen (secondary N) is 1. The number of imidazole rings is 1. The number of anilines is 1. The smallest absolute Gasteiger partial charge is 0.413 e. The third kappa shape index (κ3) is 2.97. The number of carbonyl (C=O) groups is 2. The zero-order chi connectivity index (χ0) is 21.8. The van der Waals surface area contributed by atoms with Crippen LogP contribution in [0.4, 0.5) is 10.7 Å². The van der Waals surface area contributed by atoms with Crippen LogP contribution in [0.5, 0.6) is 0 Å². The molecule has 3 N–H and O–H groups in total. The molecule has 2 aliphatic rings. The number of benzene rings is 2. The molecule has 1 aliphatic carbocycles. The van der Waals surface area contributed by atoms with Crippen molar-refractivity contribution in [2.75, 3.05) is 18.5 Å². The van der Waals surface area contributed by atoms with Crippen molar-refractivity contribution in [2.24, 2.45) is 5.92 Å². The first-order chi connectivity index (χ1) is 14.9. The Bertz CT molecular complexity index is 1180. The number of nitrogens with zero attached hydrogens (tertiary/aromatic N) is 3. The Kier molecular flexibility index (Phi) is 4.48. The highest BCUT2D eigenvalue weighted by atomic mass is 16.4. The zero-order valence-electron chi connectivity index (χ0n) is 17.2. The highest BCUT2D eigenvalue weighted by Crippen LogP contribution is 2.44. The summed E-state index contributed by atoms with van der Waals surface area (Å²) in [5.74, 6) is 0.398. The predicted molar refractivity (Wildman–Crippen MR) is 115 cm³/mol. The standard InChI is InChI=1S/C23H24N4O4/c1-26(22(29)30)21-24-18-11-10-15(12-19(18)25-21)23(31)17-9-5-4-8-16(17)20(28)27(23)13-14-6-2-3-7-14/h4-5,8-12,14,31H,2-3,6-7,13H2,1H3,(H,24,25)(H,29,30). The summed E-state index contributed by atoms with van der Waals surface area (Å²) >= 11 is 0. The Morgan fingerprint density at radius 1 is 1.26 bits per heavy atom. The predicted octanol–water partition coefficient (Wildman–Crippen LogP) is 3.52. The number of rotatable bonds is 4. The average Bonchev–Trinajstić information content (AvgIpc) is 3.48. The highest BCUT2D eigenvalue weighted by Gasteiger charge is 2.50. The molecule has 3 aromatic rings. The van der Waals surface area contributed by atoms with Crippen LogP contribution in [-0.4, -0.2) is 50.7 Å². The minimum atomic E-state index is -1.59. The SMILES string of the molecule is CN(C(=O)O)c1nc2ccc(C3(O)c4ccccc4C(=O)N3CC3CCCC3)cc2[nH]1. The van der Waals surface area contributed by atoms with Crippen LogP contribution in [0.3, 0.4) is 0 Å². The lowest BCUT2D eigenvalue weighted by molar-refractivity contribution is -0.0556. The van der Waals surface area contributed by atoms with Crippen LogP contribution < -0.4 is 4.90 Å². The number of amides is 2. The van der Waals surface area contributed by atoms with Crippen molar-refractivity contribution in [3.05, 3.63) is 59.2 Å². The molecule has 160 valence electrons. The number of aromatic nitrogens is 2. The molecule has 8 heteroatoms. The van der Waals surface area contributed by atoms with E-state index in [9.17, 15) is 19.8 Å². The molecular formula is C23H24N4O4. The molecule has 0 radical (unpaired) electrons. The Morgan fingerprint density at radius 2 is 2.00 bits per heavy atom. The number of fused-ring (bicyclic) bond motifs is 2. The number of aliphatic hydroxyl groups is 1. The van der Waals surface area contributed by atoms with E-state index in [1.165, 1.54) is 7.05 Å². The molecule has 1 aliphatic heterocycles. The molecule has 2 heterocycles. The van der Waals surface area contributed by atoms with Gasteiger partial charge < -0.3 is 20.1 Å². The lowest BCUT2D eigenvalue weighted by Gasteiger charge is -2.36. The molecule has 1 unspecified atom stereocenters. The highest BCUT2D eigenvalue weighted by molar-refractivity contribution is 6.00. The Labute approximate surface area is 179 Å². The maximum atomic E-state index is 13.3. The molecule has 5 rings (SSSR count). The van der Waals surface area contributed by atoms with Crippen LogP contribution in [0.2, 0.25) is 0 Å². The minimum absolute atomic E-state index is 0.166. The molecule has 2 amide bonds. The van der Waals surface area contributed by atoms with Gasteiger partial charge in [0.15, 0.2) is 5.72 Å². The molecule has 8 nitrogen and oxygen atoms in total. The van der Waals surface area contributed by atoms with E-state index in [0.29, 0.717) is 40.2 Å². The van der Waals surface area contributed by atoms with Gasteiger partial charge in [0.25, 0.3) is 5.91 Å². The zero-order valence-corrected chi connectivity index (χ0v) is 17.2. The van der Waals surface area contributed by atoms with Gasteiger partial charge in [-0.1, -0.05) is 37.1 Å². The summed E-state index contributed by atoms with van der Waals surface area (Å²) in [7, 11) is 1.41. The first-order valence-corrected chi connectivity index (χ1v) is 10.5. The summed E-state index contributed by atoms with van der Waals surface area (Å²) in [6.45, 7) is 0.498. The van der Waals surface area contributed by atoms with E-state index in [4.69, 9.17) is 0 Å². The van der Waals surface area contributed by atoms with Gasteiger partial charge in [-0.3, -0.25) is 9.69 Å². The van der Waals surface area contributed by atoms with E-state index in [1.54, 1.807) is 35.2 Å². The fraction of sp³-hybridized carbons (Fsp3) is 0.348. The lowest BCUT2D eigenvalue weighted by atomic mass is 9.93. The summed E-state index contributed by atoms with van der Waals surface area (Å²) < 4.78 is 0. The molecule has 0 saturated heterocycles. The maximum Gasteiger partial charge on any atom is 0.413 e. The van der Waals surface area contributed by atoms with Crippen molar-refractivity contribution < 1.29 is 19.8 Å². The van der Waals surface area contributed by atoms with Crippen molar-refractivity contribution >= 4 is 29.0 Å². The number of H-pyrrole nitrogens is 1. The van der Waals surface area contributed by atoms with E-state index in [1.807, 2.05) is 12.1 Å². The summed E-state index contributed by atoms with van der Waals surface area (Å²) in [4.78, 5) is 34.4. The first-order valence-electron chi connectivity index (χ1n) is 10.5. The van der Waals surface area contributed by atoms with E-state index in [0.717, 1.165) is 30.6 Å². The Balaban J connectivity index is 1.61. The van der Waals surface area contributed by atoms with Gasteiger partial charge in [0.1, 0.15) is 0 Å². The molecule has 1 saturated carbocycles. The van der Waals surface area contributed by atoms with E-state index < -0.39 is 11.8 Å². The van der Waals surface area contributed by atoms with E-state index >= 15 is 0 Å². The van der Waals surface area contributed by atoms with Crippen LogP contribution in [0.15, 0.2) is 42.5 Å². The lowest BCUT2D eigenvalue weighted by Crippen LogP contribution is -2.46. The number of hydrogen-bond acceptors (Lipinski definition) is 4. The number of carboxylic acid groups (broad SMARTS) is 1. The summed E-state index contributed by atoms with van der Waals surface area (Å²) in [6, 6.07) is 12.4. The summed E-state index contributed by atoms with van der Waals surface area (Å²) in [5, 5.41) is 21.3. The van der Waals surface area contributed by atoms with Gasteiger partial charge >= 0.3 is 6.09 Å². The van der Waals surface area contributed by atoms with Gasteiger partial charge in [0.2, 0.25) is 5.95 Å². The van der Waals surface area contributed by atoms with Crippen molar-refractivity contribution in [1.82, 2.24) is 14.9 Å². The Morgan fingerprint density at radius 3 is 2.74 bits per heavy atom. The molecule has 1 fully saturated rings. The maximum absolute atomic E-state index is 13.3. The molecule has 2 aromatic carbocycles. The second-order valence-electron chi connectivity index (χ2n) is 8.42. The second kappa shape index (κ2) is 7.09. The number of aromatic amines is 1. The fourth-order valence-electron chi connectivity index (χ4n) is 4.85. The van der Waals surface area contributed by atoms with Crippen molar-refractivity contribution in [2.45, 2.75) is 31.4 Å². The summed E-state index contributed by atoms with van der Waals surface area (Å²) in [6.07, 6.45) is 3.29. The van der Waals surface area contributed by atoms with Gasteiger partial charge in [-0.2, -0.15) is 0 Å². The van der Waals surface area contributed by atoms with Crippen LogP contribution in [0.25, 0.3) is 11.0 Å². The van der Waals surface area contributed by atoms with Gasteiger partial charge in [-0.05, 0) is 37.0 Å². The first kappa shape index (κ1) is 19.6. The van der Waals surface area contributed by atoms with Crippen LogP contribution >= 0.6 is 0 Å². The van der Waals surface area contributed by atoms with Crippen molar-refractivity contribution in [3.8, 4) is 0 Å². The molecule has 1 aromatic heterocycles. The molecule has 31 heavy (non-hydrogen) atoms. The van der Waals surface area contributed by atoms with E-state index in [2.05, 4.69) is 9.97 Å². The second-order valence-corrected chi connectivity index (χ2v) is 8.42. The molecule has 0 spiro atoms.